The molecule has 0 amide bonds. The van der Waals surface area contributed by atoms with E-state index in [4.69, 9.17) is 4.42 Å². The predicted octanol–water partition coefficient (Wildman–Crippen LogP) is 1.09. The summed E-state index contributed by atoms with van der Waals surface area (Å²) in [7, 11) is -1.67. The SMILES string of the molecule is CNCc1cc(S(=O)(=O)NC2CCSC2)c(C)o1. The van der Waals surface area contributed by atoms with Crippen molar-refractivity contribution in [3.63, 3.8) is 0 Å². The summed E-state index contributed by atoms with van der Waals surface area (Å²) in [5, 5.41) is 2.94. The van der Waals surface area contributed by atoms with E-state index >= 15 is 0 Å². The average molecular weight is 290 g/mol. The van der Waals surface area contributed by atoms with Crippen LogP contribution in [0.2, 0.25) is 0 Å². The number of hydrogen-bond acceptors (Lipinski definition) is 5. The lowest BCUT2D eigenvalue weighted by Crippen LogP contribution is -2.34. The smallest absolute Gasteiger partial charge is 0.244 e. The first-order chi connectivity index (χ1) is 8.53. The molecule has 7 heteroatoms. The van der Waals surface area contributed by atoms with E-state index in [9.17, 15) is 8.42 Å². The molecule has 0 bridgehead atoms. The van der Waals surface area contributed by atoms with E-state index < -0.39 is 10.0 Å². The number of thioether (sulfide) groups is 1. The molecule has 0 spiro atoms. The number of hydrogen-bond donors (Lipinski definition) is 2. The maximum Gasteiger partial charge on any atom is 0.244 e. The minimum atomic E-state index is -3.46. The fraction of sp³-hybridized carbons (Fsp3) is 0.636. The van der Waals surface area contributed by atoms with Crippen molar-refractivity contribution in [2.24, 2.45) is 0 Å². The third kappa shape index (κ3) is 3.09. The maximum absolute atomic E-state index is 12.2. The Morgan fingerprint density at radius 2 is 2.33 bits per heavy atom. The third-order valence-electron chi connectivity index (χ3n) is 2.82. The summed E-state index contributed by atoms with van der Waals surface area (Å²) < 4.78 is 32.6. The predicted molar refractivity (Wildman–Crippen MR) is 72.3 cm³/mol. The Kier molecular flexibility index (Phi) is 4.37. The number of sulfonamides is 1. The van der Waals surface area contributed by atoms with Crippen molar-refractivity contribution in [3.05, 3.63) is 17.6 Å². The monoisotopic (exact) mass is 290 g/mol. The minimum absolute atomic E-state index is 0.0436. The molecular formula is C11H18N2O3S2. The van der Waals surface area contributed by atoms with Crippen LogP contribution in [0.4, 0.5) is 0 Å². The van der Waals surface area contributed by atoms with Crippen LogP contribution in [-0.2, 0) is 16.6 Å². The van der Waals surface area contributed by atoms with Gasteiger partial charge in [0.05, 0.1) is 6.54 Å². The van der Waals surface area contributed by atoms with E-state index in [-0.39, 0.29) is 10.9 Å². The first kappa shape index (κ1) is 13.9. The normalized spacial score (nSPS) is 20.4. The third-order valence-corrected chi connectivity index (χ3v) is 5.61. The van der Waals surface area contributed by atoms with Crippen LogP contribution >= 0.6 is 11.8 Å². The van der Waals surface area contributed by atoms with Gasteiger partial charge in [0.2, 0.25) is 10.0 Å². The molecule has 1 saturated heterocycles. The highest BCUT2D eigenvalue weighted by atomic mass is 32.2. The van der Waals surface area contributed by atoms with Crippen molar-refractivity contribution in [2.45, 2.75) is 30.8 Å². The summed E-state index contributed by atoms with van der Waals surface area (Å²) in [6.45, 7) is 2.20. The zero-order valence-electron chi connectivity index (χ0n) is 10.5. The number of furan rings is 1. The van der Waals surface area contributed by atoms with Gasteiger partial charge in [0, 0.05) is 17.9 Å². The number of rotatable bonds is 5. The molecule has 2 rings (SSSR count). The molecule has 1 unspecified atom stereocenters. The van der Waals surface area contributed by atoms with Crippen molar-refractivity contribution in [2.75, 3.05) is 18.6 Å². The maximum atomic E-state index is 12.2. The van der Waals surface area contributed by atoms with E-state index in [1.54, 1.807) is 31.8 Å². The molecule has 1 aliphatic heterocycles. The molecule has 0 aliphatic carbocycles. The standard InChI is InChI=1S/C11H18N2O3S2/c1-8-11(5-10(16-8)6-12-2)18(14,15)13-9-3-4-17-7-9/h5,9,12-13H,3-4,6-7H2,1-2H3. The van der Waals surface area contributed by atoms with E-state index in [2.05, 4.69) is 10.0 Å². The molecule has 18 heavy (non-hydrogen) atoms. The number of aryl methyl sites for hydroxylation is 1. The molecule has 0 saturated carbocycles. The van der Waals surface area contributed by atoms with Crippen LogP contribution in [-0.4, -0.2) is 33.0 Å². The van der Waals surface area contributed by atoms with E-state index in [0.717, 1.165) is 17.9 Å². The van der Waals surface area contributed by atoms with Crippen molar-refractivity contribution < 1.29 is 12.8 Å². The first-order valence-corrected chi connectivity index (χ1v) is 8.50. The summed E-state index contributed by atoms with van der Waals surface area (Å²) in [5.41, 5.74) is 0. The molecule has 0 radical (unpaired) electrons. The van der Waals surface area contributed by atoms with Gasteiger partial charge < -0.3 is 9.73 Å². The summed E-state index contributed by atoms with van der Waals surface area (Å²) in [4.78, 5) is 0.254. The van der Waals surface area contributed by atoms with E-state index in [0.29, 0.717) is 18.1 Å². The van der Waals surface area contributed by atoms with Gasteiger partial charge in [-0.15, -0.1) is 0 Å². The lowest BCUT2D eigenvalue weighted by Gasteiger charge is -2.10. The molecule has 0 aromatic carbocycles. The molecule has 2 heterocycles. The van der Waals surface area contributed by atoms with Gasteiger partial charge >= 0.3 is 0 Å². The van der Waals surface area contributed by atoms with Crippen LogP contribution in [0, 0.1) is 6.92 Å². The first-order valence-electron chi connectivity index (χ1n) is 5.87. The Balaban J connectivity index is 2.17. The number of nitrogens with one attached hydrogen (secondary N) is 2. The van der Waals surface area contributed by atoms with Crippen molar-refractivity contribution in [3.8, 4) is 0 Å². The van der Waals surface area contributed by atoms with Gasteiger partial charge in [0.25, 0.3) is 0 Å². The Bertz CT molecular complexity index is 504. The molecule has 102 valence electrons. The van der Waals surface area contributed by atoms with E-state index in [1.165, 1.54) is 0 Å². The zero-order chi connectivity index (χ0) is 13.2. The van der Waals surface area contributed by atoms with Gasteiger partial charge in [-0.25, -0.2) is 13.1 Å². The second-order valence-corrected chi connectivity index (χ2v) is 7.18. The highest BCUT2D eigenvalue weighted by Gasteiger charge is 2.26. The van der Waals surface area contributed by atoms with Crippen LogP contribution < -0.4 is 10.0 Å². The second kappa shape index (κ2) is 5.64. The Labute approximate surface area is 112 Å². The molecule has 2 N–H and O–H groups in total. The van der Waals surface area contributed by atoms with Crippen LogP contribution in [0.3, 0.4) is 0 Å². The molecule has 1 fully saturated rings. The quantitative estimate of drug-likeness (QED) is 0.849. The highest BCUT2D eigenvalue weighted by molar-refractivity contribution is 7.99. The molecule has 1 aliphatic rings. The lowest BCUT2D eigenvalue weighted by molar-refractivity contribution is 0.465. The van der Waals surface area contributed by atoms with Gasteiger partial charge in [-0.1, -0.05) is 0 Å². The van der Waals surface area contributed by atoms with E-state index in [1.807, 2.05) is 0 Å². The zero-order valence-corrected chi connectivity index (χ0v) is 12.2. The molecule has 1 atom stereocenters. The second-order valence-electron chi connectivity index (χ2n) is 4.35. The molecule has 1 aromatic heterocycles. The van der Waals surface area contributed by atoms with Crippen LogP contribution in [0.5, 0.6) is 0 Å². The Morgan fingerprint density at radius 1 is 1.56 bits per heavy atom. The average Bonchev–Trinajstić information content (AvgIpc) is 2.88. The summed E-state index contributed by atoms with van der Waals surface area (Å²) in [6, 6.07) is 1.64. The highest BCUT2D eigenvalue weighted by Crippen LogP contribution is 2.23. The fourth-order valence-electron chi connectivity index (χ4n) is 1.96. The summed E-state index contributed by atoms with van der Waals surface area (Å²) in [6.07, 6.45) is 0.893. The van der Waals surface area contributed by atoms with Crippen LogP contribution in [0.25, 0.3) is 0 Å². The van der Waals surface area contributed by atoms with Gasteiger partial charge in [-0.2, -0.15) is 11.8 Å². The van der Waals surface area contributed by atoms with Crippen molar-refractivity contribution >= 4 is 21.8 Å². The fourth-order valence-corrected chi connectivity index (χ4v) is 4.69. The Morgan fingerprint density at radius 3 is 2.94 bits per heavy atom. The molecule has 1 aromatic rings. The van der Waals surface area contributed by atoms with Gasteiger partial charge in [0.15, 0.2) is 0 Å². The lowest BCUT2D eigenvalue weighted by atomic mass is 10.3. The van der Waals surface area contributed by atoms with Crippen LogP contribution in [0.1, 0.15) is 17.9 Å². The summed E-state index contributed by atoms with van der Waals surface area (Å²) >= 11 is 1.78. The largest absolute Gasteiger partial charge is 0.464 e. The van der Waals surface area contributed by atoms with Gasteiger partial charge in [0.1, 0.15) is 16.4 Å². The Hall–Kier alpha value is -0.500. The molecule has 5 nitrogen and oxygen atoms in total. The van der Waals surface area contributed by atoms with Gasteiger partial charge in [-0.05, 0) is 26.1 Å². The van der Waals surface area contributed by atoms with Crippen LogP contribution in [0.15, 0.2) is 15.4 Å². The van der Waals surface area contributed by atoms with Crippen molar-refractivity contribution in [1.82, 2.24) is 10.0 Å². The topological polar surface area (TPSA) is 71.3 Å². The minimum Gasteiger partial charge on any atom is -0.464 e. The summed E-state index contributed by atoms with van der Waals surface area (Å²) in [5.74, 6) is 2.94. The van der Waals surface area contributed by atoms with Crippen molar-refractivity contribution in [1.29, 1.82) is 0 Å². The van der Waals surface area contributed by atoms with Gasteiger partial charge in [-0.3, -0.25) is 0 Å². The molecular weight excluding hydrogens is 272 g/mol.